The molecule has 0 aromatic rings. The average Bonchev–Trinajstić information content (AvgIpc) is 1.99. The highest BCUT2D eigenvalue weighted by Gasteiger charge is 1.90. The first-order chi connectivity index (χ1) is 4.70. The van der Waals surface area contributed by atoms with E-state index in [1.54, 1.807) is 0 Å². The van der Waals surface area contributed by atoms with E-state index in [9.17, 15) is 0 Å². The normalized spacial score (nSPS) is 14.4. The van der Waals surface area contributed by atoms with Gasteiger partial charge in [0, 0.05) is 0 Å². The number of allylic oxidation sites excluding steroid dienone is 4. The molecule has 56 valence electrons. The number of rotatable bonds is 4. The highest BCUT2D eigenvalue weighted by molar-refractivity contribution is 5.12. The van der Waals surface area contributed by atoms with Crippen molar-refractivity contribution in [3.8, 4) is 0 Å². The molecule has 0 N–H and O–H groups in total. The third-order valence-corrected chi connectivity index (χ3v) is 1.54. The standard InChI is InChI=1S/C10H16/c1-5-9(3)7-8-10(4)6-2/h5-7,10H,1-2,8H2,3-4H3/b9-7+. The zero-order chi connectivity index (χ0) is 7.98. The van der Waals surface area contributed by atoms with Crippen LogP contribution in [0.1, 0.15) is 20.3 Å². The lowest BCUT2D eigenvalue weighted by Gasteiger charge is -1.99. The summed E-state index contributed by atoms with van der Waals surface area (Å²) >= 11 is 0. The molecule has 0 saturated heterocycles. The van der Waals surface area contributed by atoms with Crippen molar-refractivity contribution in [2.45, 2.75) is 20.3 Å². The average molecular weight is 136 g/mol. The molecule has 1 unspecified atom stereocenters. The first-order valence-corrected chi connectivity index (χ1v) is 3.62. The molecule has 0 aromatic heterocycles. The van der Waals surface area contributed by atoms with Crippen LogP contribution in [0.3, 0.4) is 0 Å². The van der Waals surface area contributed by atoms with Crippen molar-refractivity contribution in [3.63, 3.8) is 0 Å². The molecule has 0 aliphatic carbocycles. The van der Waals surface area contributed by atoms with Gasteiger partial charge in [0.25, 0.3) is 0 Å². The summed E-state index contributed by atoms with van der Waals surface area (Å²) in [5, 5.41) is 0. The van der Waals surface area contributed by atoms with Gasteiger partial charge in [-0.3, -0.25) is 0 Å². The molecule has 0 fully saturated rings. The smallest absolute Gasteiger partial charge is 0.0230 e. The van der Waals surface area contributed by atoms with Crippen molar-refractivity contribution < 1.29 is 0 Å². The fraction of sp³-hybridized carbons (Fsp3) is 0.400. The van der Waals surface area contributed by atoms with Crippen molar-refractivity contribution in [1.29, 1.82) is 0 Å². The number of hydrogen-bond donors (Lipinski definition) is 0. The molecule has 0 spiro atoms. The third-order valence-electron chi connectivity index (χ3n) is 1.54. The third kappa shape index (κ3) is 4.13. The van der Waals surface area contributed by atoms with E-state index in [-0.39, 0.29) is 0 Å². The lowest BCUT2D eigenvalue weighted by molar-refractivity contribution is 0.744. The Morgan fingerprint density at radius 3 is 2.50 bits per heavy atom. The van der Waals surface area contributed by atoms with Gasteiger partial charge in [-0.05, 0) is 19.3 Å². The van der Waals surface area contributed by atoms with Crippen LogP contribution < -0.4 is 0 Å². The predicted molar refractivity (Wildman–Crippen MR) is 47.9 cm³/mol. The highest BCUT2D eigenvalue weighted by atomic mass is 14.0. The minimum Gasteiger partial charge on any atom is -0.103 e. The molecule has 0 aromatic carbocycles. The van der Waals surface area contributed by atoms with Gasteiger partial charge in [0.05, 0.1) is 0 Å². The second-order valence-corrected chi connectivity index (χ2v) is 2.60. The van der Waals surface area contributed by atoms with E-state index in [1.165, 1.54) is 5.57 Å². The summed E-state index contributed by atoms with van der Waals surface area (Å²) in [6.45, 7) is 11.6. The van der Waals surface area contributed by atoms with Crippen molar-refractivity contribution in [1.82, 2.24) is 0 Å². The molecule has 0 heteroatoms. The topological polar surface area (TPSA) is 0 Å². The summed E-state index contributed by atoms with van der Waals surface area (Å²) in [5.74, 6) is 0.579. The van der Waals surface area contributed by atoms with Gasteiger partial charge in [0.15, 0.2) is 0 Å². The van der Waals surface area contributed by atoms with Gasteiger partial charge < -0.3 is 0 Å². The maximum Gasteiger partial charge on any atom is -0.0230 e. The van der Waals surface area contributed by atoms with Gasteiger partial charge in [0.2, 0.25) is 0 Å². The molecule has 1 atom stereocenters. The fourth-order valence-corrected chi connectivity index (χ4v) is 0.551. The van der Waals surface area contributed by atoms with Crippen LogP contribution in [-0.2, 0) is 0 Å². The molecule has 0 saturated carbocycles. The van der Waals surface area contributed by atoms with Crippen molar-refractivity contribution in [2.24, 2.45) is 5.92 Å². The van der Waals surface area contributed by atoms with Gasteiger partial charge in [-0.2, -0.15) is 0 Å². The summed E-state index contributed by atoms with van der Waals surface area (Å²) in [6, 6.07) is 0. The molecule has 0 rings (SSSR count). The Morgan fingerprint density at radius 1 is 1.50 bits per heavy atom. The Morgan fingerprint density at radius 2 is 2.10 bits per heavy atom. The predicted octanol–water partition coefficient (Wildman–Crippen LogP) is 3.33. The van der Waals surface area contributed by atoms with Gasteiger partial charge >= 0.3 is 0 Å². The Bertz CT molecular complexity index is 140. The molecule has 0 bridgehead atoms. The summed E-state index contributed by atoms with van der Waals surface area (Å²) < 4.78 is 0. The fourth-order valence-electron chi connectivity index (χ4n) is 0.551. The van der Waals surface area contributed by atoms with E-state index in [2.05, 4.69) is 33.1 Å². The van der Waals surface area contributed by atoms with Gasteiger partial charge in [-0.25, -0.2) is 0 Å². The van der Waals surface area contributed by atoms with E-state index in [0.717, 1.165) is 6.42 Å². The maximum absolute atomic E-state index is 3.71. The summed E-state index contributed by atoms with van der Waals surface area (Å²) in [7, 11) is 0. The van der Waals surface area contributed by atoms with Crippen LogP contribution in [0.15, 0.2) is 37.0 Å². The second kappa shape index (κ2) is 5.04. The van der Waals surface area contributed by atoms with Crippen LogP contribution in [0.4, 0.5) is 0 Å². The summed E-state index contributed by atoms with van der Waals surface area (Å²) in [4.78, 5) is 0. The first kappa shape index (κ1) is 9.22. The minimum absolute atomic E-state index is 0.579. The Labute approximate surface area is 64.0 Å². The molecule has 0 nitrogen and oxygen atoms in total. The van der Waals surface area contributed by atoms with Crippen LogP contribution in [0, 0.1) is 5.92 Å². The molecule has 0 amide bonds. The Kier molecular flexibility index (Phi) is 4.65. The molecular weight excluding hydrogens is 120 g/mol. The van der Waals surface area contributed by atoms with E-state index < -0.39 is 0 Å². The zero-order valence-electron chi connectivity index (χ0n) is 6.93. The molecule has 0 radical (unpaired) electrons. The SMILES string of the molecule is C=C/C(C)=C/CC(C)C=C. The maximum atomic E-state index is 3.71. The Hall–Kier alpha value is -0.780. The summed E-state index contributed by atoms with van der Waals surface area (Å²) in [5.41, 5.74) is 1.24. The monoisotopic (exact) mass is 136 g/mol. The van der Waals surface area contributed by atoms with E-state index in [4.69, 9.17) is 0 Å². The summed E-state index contributed by atoms with van der Waals surface area (Å²) in [6.07, 6.45) is 7.09. The quantitative estimate of drug-likeness (QED) is 0.411. The minimum atomic E-state index is 0.579. The van der Waals surface area contributed by atoms with Gasteiger partial charge in [0.1, 0.15) is 0 Å². The largest absolute Gasteiger partial charge is 0.103 e. The van der Waals surface area contributed by atoms with Crippen molar-refractivity contribution >= 4 is 0 Å². The van der Waals surface area contributed by atoms with Gasteiger partial charge in [-0.15, -0.1) is 6.58 Å². The van der Waals surface area contributed by atoms with Crippen LogP contribution in [0.5, 0.6) is 0 Å². The lowest BCUT2D eigenvalue weighted by Crippen LogP contribution is -1.84. The van der Waals surface area contributed by atoms with Crippen molar-refractivity contribution in [3.05, 3.63) is 37.0 Å². The molecular formula is C10H16. The van der Waals surface area contributed by atoms with Gasteiger partial charge in [-0.1, -0.05) is 37.3 Å². The van der Waals surface area contributed by atoms with Crippen LogP contribution in [0.2, 0.25) is 0 Å². The number of hydrogen-bond acceptors (Lipinski definition) is 0. The van der Waals surface area contributed by atoms with Crippen LogP contribution >= 0.6 is 0 Å². The second-order valence-electron chi connectivity index (χ2n) is 2.60. The molecule has 10 heavy (non-hydrogen) atoms. The van der Waals surface area contributed by atoms with E-state index in [0.29, 0.717) is 5.92 Å². The molecule has 0 aliphatic heterocycles. The first-order valence-electron chi connectivity index (χ1n) is 3.62. The zero-order valence-corrected chi connectivity index (χ0v) is 6.93. The van der Waals surface area contributed by atoms with E-state index >= 15 is 0 Å². The van der Waals surface area contributed by atoms with Crippen LogP contribution in [-0.4, -0.2) is 0 Å². The molecule has 0 aliphatic rings. The lowest BCUT2D eigenvalue weighted by atomic mass is 10.1. The highest BCUT2D eigenvalue weighted by Crippen LogP contribution is 2.06. The van der Waals surface area contributed by atoms with Crippen LogP contribution in [0.25, 0.3) is 0 Å². The van der Waals surface area contributed by atoms with Crippen molar-refractivity contribution in [2.75, 3.05) is 0 Å². The Balaban J connectivity index is 3.70. The van der Waals surface area contributed by atoms with E-state index in [1.807, 2.05) is 12.2 Å². The molecule has 0 heterocycles.